The van der Waals surface area contributed by atoms with Gasteiger partial charge in [-0.15, -0.1) is 22.7 Å². The zero-order valence-electron chi connectivity index (χ0n) is 32.0. The number of nitrogens with one attached hydrogen (secondary N) is 2. The van der Waals surface area contributed by atoms with Gasteiger partial charge in [-0.3, -0.25) is 9.59 Å². The standard InChI is InChI=1S/C40H50N6O6S2/c1-8-19-45(37(47)34(24(2)3)43-39(49)51-6)23-33-41-21-31(53-33)28-15-11-26(12-16-28)27-13-17-29(18-14-27)32-22-42-36(54-32)30-10-9-20-46(30)38(48)35(25(4)5)44-40(50)52-7/h11-18,21-22,24-25,30,34-35H,8-10,19-20,23H2,1-7H3,(H,43,49)(H,44,50)/t30-,34-,35-/m0/s1. The fourth-order valence-electron chi connectivity index (χ4n) is 6.51. The number of benzene rings is 2. The van der Waals surface area contributed by atoms with Crippen molar-refractivity contribution in [3.8, 4) is 32.0 Å². The molecule has 54 heavy (non-hydrogen) atoms. The molecular formula is C40H50N6O6S2. The monoisotopic (exact) mass is 774 g/mol. The third kappa shape index (κ3) is 9.64. The molecule has 4 amide bonds. The number of thiazole rings is 2. The molecule has 2 N–H and O–H groups in total. The summed E-state index contributed by atoms with van der Waals surface area (Å²) in [6.07, 6.45) is 4.96. The molecule has 2 aromatic heterocycles. The van der Waals surface area contributed by atoms with E-state index in [2.05, 4.69) is 64.1 Å². The lowest BCUT2D eigenvalue weighted by molar-refractivity contribution is -0.136. The van der Waals surface area contributed by atoms with Gasteiger partial charge in [-0.25, -0.2) is 19.6 Å². The molecule has 4 aromatic rings. The first-order chi connectivity index (χ1) is 25.9. The maximum absolute atomic E-state index is 13.5. The number of amides is 4. The van der Waals surface area contributed by atoms with Crippen LogP contribution in [0, 0.1) is 11.8 Å². The molecule has 0 spiro atoms. The smallest absolute Gasteiger partial charge is 0.407 e. The van der Waals surface area contributed by atoms with Crippen LogP contribution in [0.3, 0.4) is 0 Å². The minimum atomic E-state index is -0.688. The Kier molecular flexibility index (Phi) is 13.8. The van der Waals surface area contributed by atoms with Gasteiger partial charge in [0.25, 0.3) is 0 Å². The Bertz CT molecular complexity index is 1890. The molecule has 288 valence electrons. The predicted molar refractivity (Wildman–Crippen MR) is 212 cm³/mol. The lowest BCUT2D eigenvalue weighted by Crippen LogP contribution is -2.51. The van der Waals surface area contributed by atoms with Crippen LogP contribution in [0.4, 0.5) is 9.59 Å². The number of alkyl carbamates (subject to hydrolysis) is 2. The van der Waals surface area contributed by atoms with E-state index in [9.17, 15) is 19.2 Å². The number of likely N-dealkylation sites (tertiary alicyclic amines) is 1. The third-order valence-corrected chi connectivity index (χ3v) is 11.7. The van der Waals surface area contributed by atoms with Gasteiger partial charge < -0.3 is 29.9 Å². The molecule has 14 heteroatoms. The summed E-state index contributed by atoms with van der Waals surface area (Å²) in [4.78, 5) is 65.8. The molecule has 0 bridgehead atoms. The van der Waals surface area contributed by atoms with E-state index in [0.717, 1.165) is 61.3 Å². The van der Waals surface area contributed by atoms with Crippen LogP contribution < -0.4 is 10.6 Å². The van der Waals surface area contributed by atoms with Crippen molar-refractivity contribution in [2.75, 3.05) is 27.3 Å². The van der Waals surface area contributed by atoms with Gasteiger partial charge in [-0.05, 0) is 53.4 Å². The van der Waals surface area contributed by atoms with Crippen molar-refractivity contribution in [1.82, 2.24) is 30.4 Å². The highest BCUT2D eigenvalue weighted by Crippen LogP contribution is 2.38. The molecule has 1 aliphatic rings. The number of carbonyl (C=O) groups is 4. The zero-order valence-corrected chi connectivity index (χ0v) is 33.6. The van der Waals surface area contributed by atoms with E-state index in [4.69, 9.17) is 14.5 Å². The number of hydrogen-bond acceptors (Lipinski definition) is 10. The van der Waals surface area contributed by atoms with Gasteiger partial charge in [0.2, 0.25) is 11.8 Å². The molecule has 0 saturated carbocycles. The normalized spacial score (nSPS) is 15.2. The van der Waals surface area contributed by atoms with E-state index in [0.29, 0.717) is 19.6 Å². The number of nitrogens with zero attached hydrogens (tertiary/aromatic N) is 4. The van der Waals surface area contributed by atoms with Crippen molar-refractivity contribution >= 4 is 46.7 Å². The van der Waals surface area contributed by atoms with Crippen LogP contribution in [0.2, 0.25) is 0 Å². The Hall–Kier alpha value is -4.82. The van der Waals surface area contributed by atoms with Crippen molar-refractivity contribution in [2.45, 2.75) is 78.6 Å². The van der Waals surface area contributed by atoms with E-state index in [1.807, 2.05) is 51.9 Å². The lowest BCUT2D eigenvalue weighted by atomic mass is 10.0. The largest absolute Gasteiger partial charge is 0.453 e. The van der Waals surface area contributed by atoms with Gasteiger partial charge in [-0.2, -0.15) is 0 Å². The summed E-state index contributed by atoms with van der Waals surface area (Å²) in [5.41, 5.74) is 4.26. The molecule has 0 aliphatic carbocycles. The highest BCUT2D eigenvalue weighted by atomic mass is 32.1. The van der Waals surface area contributed by atoms with Gasteiger partial charge in [0, 0.05) is 25.5 Å². The first-order valence-corrected chi connectivity index (χ1v) is 20.0. The third-order valence-electron chi connectivity index (χ3n) is 9.48. The molecule has 3 atom stereocenters. The number of aromatic nitrogens is 2. The fourth-order valence-corrected chi connectivity index (χ4v) is 8.52. The molecule has 0 unspecified atom stereocenters. The first-order valence-electron chi connectivity index (χ1n) is 18.3. The van der Waals surface area contributed by atoms with Crippen LogP contribution in [0.15, 0.2) is 60.9 Å². The summed E-state index contributed by atoms with van der Waals surface area (Å²) in [6.45, 7) is 11.2. The maximum Gasteiger partial charge on any atom is 0.407 e. The van der Waals surface area contributed by atoms with Gasteiger partial charge in [0.1, 0.15) is 22.1 Å². The second kappa shape index (κ2) is 18.5. The zero-order chi connectivity index (χ0) is 38.9. The Balaban J connectivity index is 1.23. The van der Waals surface area contributed by atoms with Gasteiger partial charge in [0.15, 0.2) is 0 Å². The Morgan fingerprint density at radius 1 is 0.796 bits per heavy atom. The van der Waals surface area contributed by atoms with Crippen LogP contribution in [-0.2, 0) is 25.6 Å². The predicted octanol–water partition coefficient (Wildman–Crippen LogP) is 7.76. The number of ether oxygens (including phenoxy) is 2. The number of methoxy groups -OCH3 is 2. The highest BCUT2D eigenvalue weighted by molar-refractivity contribution is 7.15. The van der Waals surface area contributed by atoms with Crippen molar-refractivity contribution in [2.24, 2.45) is 11.8 Å². The Morgan fingerprint density at radius 3 is 1.85 bits per heavy atom. The van der Waals surface area contributed by atoms with E-state index >= 15 is 0 Å². The van der Waals surface area contributed by atoms with Crippen LogP contribution in [0.25, 0.3) is 32.0 Å². The molecule has 3 heterocycles. The number of hydrogen-bond donors (Lipinski definition) is 2. The van der Waals surface area contributed by atoms with Crippen LogP contribution in [-0.4, -0.2) is 83.2 Å². The number of carbonyl (C=O) groups excluding carboxylic acids is 4. The van der Waals surface area contributed by atoms with Crippen LogP contribution >= 0.6 is 22.7 Å². The molecule has 0 radical (unpaired) electrons. The molecular weight excluding hydrogens is 725 g/mol. The van der Waals surface area contributed by atoms with Crippen molar-refractivity contribution in [3.63, 3.8) is 0 Å². The highest BCUT2D eigenvalue weighted by Gasteiger charge is 2.37. The minimum absolute atomic E-state index is 0.0896. The van der Waals surface area contributed by atoms with E-state index in [1.54, 1.807) is 27.6 Å². The average Bonchev–Trinajstić information content (AvgIpc) is 3.97. The molecule has 1 aliphatic heterocycles. The molecule has 1 saturated heterocycles. The van der Waals surface area contributed by atoms with Crippen molar-refractivity contribution in [3.05, 3.63) is 70.9 Å². The molecule has 5 rings (SSSR count). The molecule has 2 aromatic carbocycles. The summed E-state index contributed by atoms with van der Waals surface area (Å²) >= 11 is 3.14. The SMILES string of the molecule is CCCN(Cc1ncc(-c2ccc(-c3ccc(-c4cnc([C@@H]5CCCN5C(=O)[C@@H](NC(=O)OC)C(C)C)s4)cc3)cc2)s1)C(=O)[C@@H](NC(=O)OC)C(C)C. The van der Waals surface area contributed by atoms with Crippen LogP contribution in [0.1, 0.15) is 69.9 Å². The second-order valence-corrected chi connectivity index (χ2v) is 16.2. The summed E-state index contributed by atoms with van der Waals surface area (Å²) in [5, 5.41) is 7.10. The average molecular weight is 775 g/mol. The quantitative estimate of drug-likeness (QED) is 0.132. The van der Waals surface area contributed by atoms with Gasteiger partial charge in [-0.1, -0.05) is 83.1 Å². The number of rotatable bonds is 14. The Morgan fingerprint density at radius 2 is 1.31 bits per heavy atom. The minimum Gasteiger partial charge on any atom is -0.453 e. The van der Waals surface area contributed by atoms with E-state index in [-0.39, 0.29) is 29.7 Å². The summed E-state index contributed by atoms with van der Waals surface area (Å²) in [5.74, 6) is -0.461. The topological polar surface area (TPSA) is 143 Å². The molecule has 1 fully saturated rings. The van der Waals surface area contributed by atoms with Crippen molar-refractivity contribution < 1.29 is 28.7 Å². The first kappa shape index (κ1) is 40.4. The summed E-state index contributed by atoms with van der Waals surface area (Å²) in [6, 6.07) is 15.3. The second-order valence-electron chi connectivity index (χ2n) is 14.0. The maximum atomic E-state index is 13.5. The van der Waals surface area contributed by atoms with Crippen molar-refractivity contribution in [1.29, 1.82) is 0 Å². The van der Waals surface area contributed by atoms with Gasteiger partial charge in [0.05, 0.1) is 36.6 Å². The lowest BCUT2D eigenvalue weighted by Gasteiger charge is -2.29. The van der Waals surface area contributed by atoms with E-state index in [1.165, 1.54) is 14.2 Å². The summed E-state index contributed by atoms with van der Waals surface area (Å²) in [7, 11) is 2.58. The Labute approximate surface area is 325 Å². The van der Waals surface area contributed by atoms with Crippen LogP contribution in [0.5, 0.6) is 0 Å². The van der Waals surface area contributed by atoms with E-state index < -0.39 is 24.3 Å². The van der Waals surface area contributed by atoms with Gasteiger partial charge >= 0.3 is 12.2 Å². The molecule has 12 nitrogen and oxygen atoms in total. The fraction of sp³-hybridized carbons (Fsp3) is 0.450. The summed E-state index contributed by atoms with van der Waals surface area (Å²) < 4.78 is 9.50.